The molecule has 15 heavy (non-hydrogen) atoms. The lowest BCUT2D eigenvalue weighted by Gasteiger charge is -2.28. The minimum atomic E-state index is 0.722. The van der Waals surface area contributed by atoms with E-state index in [1.165, 1.54) is 52.1 Å². The van der Waals surface area contributed by atoms with Crippen LogP contribution in [0.25, 0.3) is 0 Å². The van der Waals surface area contributed by atoms with Crippen molar-refractivity contribution in [2.24, 2.45) is 0 Å². The molecule has 2 fully saturated rings. The van der Waals surface area contributed by atoms with Crippen LogP contribution in [-0.2, 0) is 0 Å². The van der Waals surface area contributed by atoms with E-state index in [0.717, 1.165) is 12.1 Å². The zero-order chi connectivity index (χ0) is 10.7. The van der Waals surface area contributed by atoms with E-state index in [-0.39, 0.29) is 0 Å². The van der Waals surface area contributed by atoms with Crippen molar-refractivity contribution >= 4 is 0 Å². The molecule has 0 aromatic rings. The van der Waals surface area contributed by atoms with Crippen LogP contribution >= 0.6 is 0 Å². The molecule has 1 atom stereocenters. The number of likely N-dealkylation sites (tertiary alicyclic amines) is 1. The zero-order valence-electron chi connectivity index (χ0n) is 10.2. The normalized spacial score (nSPS) is 31.0. The molecule has 2 aliphatic rings. The predicted molar refractivity (Wildman–Crippen MR) is 64.2 cm³/mol. The molecule has 0 aromatic carbocycles. The molecule has 88 valence electrons. The highest BCUT2D eigenvalue weighted by molar-refractivity contribution is 4.85. The zero-order valence-corrected chi connectivity index (χ0v) is 10.2. The second-order valence-electron chi connectivity index (χ2n) is 5.17. The van der Waals surface area contributed by atoms with E-state index in [1.54, 1.807) is 0 Å². The Morgan fingerprint density at radius 2 is 2.00 bits per heavy atom. The van der Waals surface area contributed by atoms with Crippen LogP contribution in [0.15, 0.2) is 0 Å². The first kappa shape index (κ1) is 11.4. The van der Waals surface area contributed by atoms with Gasteiger partial charge in [-0.3, -0.25) is 9.80 Å². The Kier molecular flexibility index (Phi) is 4.00. The van der Waals surface area contributed by atoms with Gasteiger partial charge in [-0.05, 0) is 39.8 Å². The lowest BCUT2D eigenvalue weighted by Crippen LogP contribution is -2.40. The maximum atomic E-state index is 3.48. The lowest BCUT2D eigenvalue weighted by atomic mass is 10.2. The third-order valence-corrected chi connectivity index (χ3v) is 3.82. The fourth-order valence-corrected chi connectivity index (χ4v) is 2.77. The summed E-state index contributed by atoms with van der Waals surface area (Å²) in [6.07, 6.45) is 2.69. The summed E-state index contributed by atoms with van der Waals surface area (Å²) in [5.74, 6) is 0. The molecule has 1 unspecified atom stereocenters. The molecule has 0 spiro atoms. The third kappa shape index (κ3) is 2.92. The fourth-order valence-electron chi connectivity index (χ4n) is 2.77. The molecule has 0 aliphatic carbocycles. The van der Waals surface area contributed by atoms with Crippen molar-refractivity contribution in [1.29, 1.82) is 0 Å². The van der Waals surface area contributed by atoms with Gasteiger partial charge in [0.05, 0.1) is 0 Å². The second kappa shape index (κ2) is 5.28. The Labute approximate surface area is 93.8 Å². The van der Waals surface area contributed by atoms with Crippen molar-refractivity contribution in [3.8, 4) is 0 Å². The number of nitrogens with zero attached hydrogens (tertiary/aromatic N) is 2. The number of nitrogens with one attached hydrogen (secondary N) is 1. The van der Waals surface area contributed by atoms with Crippen LogP contribution in [0.2, 0.25) is 0 Å². The van der Waals surface area contributed by atoms with Gasteiger partial charge in [0.15, 0.2) is 0 Å². The largest absolute Gasteiger partial charge is 0.315 e. The lowest BCUT2D eigenvalue weighted by molar-refractivity contribution is 0.192. The monoisotopic (exact) mass is 211 g/mol. The van der Waals surface area contributed by atoms with Crippen LogP contribution < -0.4 is 5.32 Å². The van der Waals surface area contributed by atoms with Gasteiger partial charge < -0.3 is 5.32 Å². The van der Waals surface area contributed by atoms with Crippen LogP contribution in [0.3, 0.4) is 0 Å². The van der Waals surface area contributed by atoms with E-state index in [9.17, 15) is 0 Å². The topological polar surface area (TPSA) is 18.5 Å². The minimum absolute atomic E-state index is 0.722. The van der Waals surface area contributed by atoms with Crippen LogP contribution in [0.1, 0.15) is 26.7 Å². The predicted octanol–water partition coefficient (Wildman–Crippen LogP) is 0.764. The molecule has 0 bridgehead atoms. The van der Waals surface area contributed by atoms with Crippen LogP contribution in [0, 0.1) is 0 Å². The molecular weight excluding hydrogens is 186 g/mol. The van der Waals surface area contributed by atoms with E-state index in [2.05, 4.69) is 29.0 Å². The van der Waals surface area contributed by atoms with E-state index in [0.29, 0.717) is 0 Å². The van der Waals surface area contributed by atoms with E-state index >= 15 is 0 Å². The SMILES string of the molecule is CC(C)N1CCC(N2CCCNCC2)C1. The summed E-state index contributed by atoms with van der Waals surface area (Å²) in [5.41, 5.74) is 0. The average molecular weight is 211 g/mol. The highest BCUT2D eigenvalue weighted by atomic mass is 15.3. The van der Waals surface area contributed by atoms with E-state index in [4.69, 9.17) is 0 Å². The molecule has 2 aliphatic heterocycles. The van der Waals surface area contributed by atoms with Crippen molar-refractivity contribution < 1.29 is 0 Å². The van der Waals surface area contributed by atoms with E-state index in [1.807, 2.05) is 0 Å². The van der Waals surface area contributed by atoms with Crippen LogP contribution in [0.4, 0.5) is 0 Å². The van der Waals surface area contributed by atoms with Crippen molar-refractivity contribution in [2.75, 3.05) is 39.3 Å². The Bertz CT molecular complexity index is 185. The van der Waals surface area contributed by atoms with Crippen LogP contribution in [0.5, 0.6) is 0 Å². The quantitative estimate of drug-likeness (QED) is 0.728. The van der Waals surface area contributed by atoms with Gasteiger partial charge in [0.2, 0.25) is 0 Å². The first-order chi connectivity index (χ1) is 7.27. The molecule has 1 N–H and O–H groups in total. The molecule has 3 heteroatoms. The Balaban J connectivity index is 1.83. The van der Waals surface area contributed by atoms with Crippen molar-refractivity contribution in [3.05, 3.63) is 0 Å². The highest BCUT2D eigenvalue weighted by Gasteiger charge is 2.28. The van der Waals surface area contributed by atoms with Gasteiger partial charge >= 0.3 is 0 Å². The summed E-state index contributed by atoms with van der Waals surface area (Å²) >= 11 is 0. The number of rotatable bonds is 2. The summed E-state index contributed by atoms with van der Waals surface area (Å²) < 4.78 is 0. The van der Waals surface area contributed by atoms with Gasteiger partial charge in [-0.25, -0.2) is 0 Å². The first-order valence-electron chi connectivity index (χ1n) is 6.46. The summed E-state index contributed by atoms with van der Waals surface area (Å²) in [5, 5.41) is 3.48. The van der Waals surface area contributed by atoms with Gasteiger partial charge in [0, 0.05) is 38.3 Å². The van der Waals surface area contributed by atoms with Gasteiger partial charge in [0.25, 0.3) is 0 Å². The summed E-state index contributed by atoms with van der Waals surface area (Å²) in [7, 11) is 0. The first-order valence-corrected chi connectivity index (χ1v) is 6.46. The fraction of sp³-hybridized carbons (Fsp3) is 1.00. The molecule has 0 aromatic heterocycles. The van der Waals surface area contributed by atoms with Crippen molar-refractivity contribution in [3.63, 3.8) is 0 Å². The summed E-state index contributed by atoms with van der Waals surface area (Å²) in [6, 6.07) is 1.55. The van der Waals surface area contributed by atoms with Gasteiger partial charge in [-0.15, -0.1) is 0 Å². The third-order valence-electron chi connectivity index (χ3n) is 3.82. The molecule has 2 heterocycles. The second-order valence-corrected chi connectivity index (χ2v) is 5.17. The van der Waals surface area contributed by atoms with Crippen molar-refractivity contribution in [1.82, 2.24) is 15.1 Å². The summed E-state index contributed by atoms with van der Waals surface area (Å²) in [4.78, 5) is 5.31. The molecule has 3 nitrogen and oxygen atoms in total. The smallest absolute Gasteiger partial charge is 0.0235 e. The molecule has 0 saturated carbocycles. The van der Waals surface area contributed by atoms with Crippen LogP contribution in [-0.4, -0.2) is 61.2 Å². The van der Waals surface area contributed by atoms with Crippen molar-refractivity contribution in [2.45, 2.75) is 38.8 Å². The highest BCUT2D eigenvalue weighted by Crippen LogP contribution is 2.18. The molecule has 2 saturated heterocycles. The molecule has 0 amide bonds. The van der Waals surface area contributed by atoms with Gasteiger partial charge in [-0.1, -0.05) is 0 Å². The Morgan fingerprint density at radius 3 is 2.73 bits per heavy atom. The maximum Gasteiger partial charge on any atom is 0.0235 e. The molecular formula is C12H25N3. The van der Waals surface area contributed by atoms with Gasteiger partial charge in [0.1, 0.15) is 0 Å². The number of hydrogen-bond acceptors (Lipinski definition) is 3. The van der Waals surface area contributed by atoms with E-state index < -0.39 is 0 Å². The Morgan fingerprint density at radius 1 is 1.13 bits per heavy atom. The standard InChI is InChI=1S/C12H25N3/c1-11(2)15-8-4-12(10-15)14-7-3-5-13-6-9-14/h11-13H,3-10H2,1-2H3. The Hall–Kier alpha value is -0.120. The minimum Gasteiger partial charge on any atom is -0.315 e. The molecule has 2 rings (SSSR count). The number of hydrogen-bond donors (Lipinski definition) is 1. The maximum absolute atomic E-state index is 3.48. The molecule has 0 radical (unpaired) electrons. The summed E-state index contributed by atoms with van der Waals surface area (Å²) in [6.45, 7) is 12.1. The van der Waals surface area contributed by atoms with Gasteiger partial charge in [-0.2, -0.15) is 0 Å². The average Bonchev–Trinajstić information content (AvgIpc) is 2.55.